The van der Waals surface area contributed by atoms with Crippen LogP contribution in [0.15, 0.2) is 30.3 Å². The van der Waals surface area contributed by atoms with E-state index in [1.165, 1.54) is 18.2 Å². The van der Waals surface area contributed by atoms with Crippen LogP contribution >= 0.6 is 0 Å². The van der Waals surface area contributed by atoms with Crippen LogP contribution in [0.2, 0.25) is 0 Å². The van der Waals surface area contributed by atoms with Crippen LogP contribution in [0, 0.1) is 12.7 Å². The zero-order valence-corrected chi connectivity index (χ0v) is 12.9. The molecule has 0 spiro atoms. The summed E-state index contributed by atoms with van der Waals surface area (Å²) in [7, 11) is 1.71. The Morgan fingerprint density at radius 1 is 1.48 bits per heavy atom. The summed E-state index contributed by atoms with van der Waals surface area (Å²) in [6.07, 6.45) is -0.919. The van der Waals surface area contributed by atoms with Crippen molar-refractivity contribution in [1.29, 1.82) is 0 Å². The summed E-state index contributed by atoms with van der Waals surface area (Å²) in [6, 6.07) is 6.88. The van der Waals surface area contributed by atoms with E-state index in [-0.39, 0.29) is 13.2 Å². The maximum atomic E-state index is 13.0. The minimum Gasteiger partial charge on any atom is -0.491 e. The molecule has 124 valence electrons. The number of hydrogen-bond donors (Lipinski definition) is 3. The van der Waals surface area contributed by atoms with Crippen LogP contribution in [-0.2, 0) is 7.05 Å². The monoisotopic (exact) mass is 322 g/mol. The molecule has 1 atom stereocenters. The molecule has 0 fully saturated rings. The van der Waals surface area contributed by atoms with Crippen LogP contribution in [0.4, 0.5) is 15.0 Å². The number of nitrogens with one attached hydrogen (secondary N) is 2. The number of urea groups is 1. The lowest BCUT2D eigenvalue weighted by Crippen LogP contribution is -2.38. The fraction of sp³-hybridized carbons (Fsp3) is 0.333. The fourth-order valence-electron chi connectivity index (χ4n) is 1.91. The summed E-state index contributed by atoms with van der Waals surface area (Å²) in [5, 5.41) is 19.0. The molecule has 1 heterocycles. The van der Waals surface area contributed by atoms with Gasteiger partial charge in [0, 0.05) is 25.7 Å². The Morgan fingerprint density at radius 3 is 2.91 bits per heavy atom. The van der Waals surface area contributed by atoms with Crippen LogP contribution < -0.4 is 15.4 Å². The maximum absolute atomic E-state index is 13.0. The van der Waals surface area contributed by atoms with Crippen molar-refractivity contribution < 1.29 is 19.0 Å². The van der Waals surface area contributed by atoms with Crippen molar-refractivity contribution in [3.05, 3.63) is 41.8 Å². The number of carbonyl (C=O) groups is 1. The maximum Gasteiger partial charge on any atom is 0.320 e. The van der Waals surface area contributed by atoms with Gasteiger partial charge in [0.1, 0.15) is 30.1 Å². The van der Waals surface area contributed by atoms with Gasteiger partial charge in [-0.3, -0.25) is 10.00 Å². The van der Waals surface area contributed by atoms with E-state index in [2.05, 4.69) is 15.7 Å². The molecule has 0 saturated heterocycles. The zero-order chi connectivity index (χ0) is 16.8. The molecule has 0 aliphatic heterocycles. The van der Waals surface area contributed by atoms with Gasteiger partial charge in [0.15, 0.2) is 0 Å². The van der Waals surface area contributed by atoms with Gasteiger partial charge >= 0.3 is 6.03 Å². The molecule has 0 saturated carbocycles. The summed E-state index contributed by atoms with van der Waals surface area (Å²) >= 11 is 0. The first-order chi connectivity index (χ1) is 10.9. The van der Waals surface area contributed by atoms with Crippen molar-refractivity contribution in [3.8, 4) is 5.75 Å². The smallest absolute Gasteiger partial charge is 0.320 e. The van der Waals surface area contributed by atoms with E-state index in [9.17, 15) is 14.3 Å². The number of carbonyl (C=O) groups excluding carboxylic acids is 1. The summed E-state index contributed by atoms with van der Waals surface area (Å²) < 4.78 is 19.8. The van der Waals surface area contributed by atoms with E-state index >= 15 is 0 Å². The van der Waals surface area contributed by atoms with Crippen LogP contribution in [0.25, 0.3) is 0 Å². The second-order valence-corrected chi connectivity index (χ2v) is 5.05. The number of hydrogen-bond acceptors (Lipinski definition) is 4. The average Bonchev–Trinajstić information content (AvgIpc) is 2.81. The van der Waals surface area contributed by atoms with Crippen LogP contribution in [-0.4, -0.2) is 40.2 Å². The Kier molecular flexibility index (Phi) is 5.53. The van der Waals surface area contributed by atoms with E-state index in [0.29, 0.717) is 11.6 Å². The number of halogens is 1. The third-order valence-electron chi connectivity index (χ3n) is 2.98. The minimum absolute atomic E-state index is 0.00200. The number of aromatic nitrogens is 2. The Hall–Kier alpha value is -2.61. The van der Waals surface area contributed by atoms with Gasteiger partial charge in [-0.2, -0.15) is 5.10 Å². The van der Waals surface area contributed by atoms with Gasteiger partial charge in [0.25, 0.3) is 0 Å². The molecule has 2 aromatic rings. The van der Waals surface area contributed by atoms with Gasteiger partial charge < -0.3 is 15.2 Å². The number of nitrogens with zero attached hydrogens (tertiary/aromatic N) is 2. The Bertz CT molecular complexity index is 674. The second kappa shape index (κ2) is 7.59. The number of aliphatic hydroxyl groups is 1. The van der Waals surface area contributed by atoms with Crippen LogP contribution in [0.5, 0.6) is 5.75 Å². The molecule has 23 heavy (non-hydrogen) atoms. The van der Waals surface area contributed by atoms with Crippen LogP contribution in [0.1, 0.15) is 5.69 Å². The van der Waals surface area contributed by atoms with Gasteiger partial charge in [0.2, 0.25) is 0 Å². The number of ether oxygens (including phenoxy) is 1. The lowest BCUT2D eigenvalue weighted by atomic mass is 10.3. The molecule has 2 amide bonds. The average molecular weight is 322 g/mol. The normalized spacial score (nSPS) is 11.8. The lowest BCUT2D eigenvalue weighted by Gasteiger charge is -2.13. The molecule has 0 radical (unpaired) electrons. The Labute approximate surface area is 133 Å². The highest BCUT2D eigenvalue weighted by atomic mass is 19.1. The zero-order valence-electron chi connectivity index (χ0n) is 12.9. The second-order valence-electron chi connectivity index (χ2n) is 5.05. The summed E-state index contributed by atoms with van der Waals surface area (Å²) in [5.74, 6) is 0.449. The highest BCUT2D eigenvalue weighted by molar-refractivity contribution is 5.88. The van der Waals surface area contributed by atoms with Gasteiger partial charge in [-0.1, -0.05) is 6.07 Å². The molecular formula is C15H19FN4O3. The third kappa shape index (κ3) is 5.26. The molecular weight excluding hydrogens is 303 g/mol. The topological polar surface area (TPSA) is 88.4 Å². The molecule has 0 unspecified atom stereocenters. The van der Waals surface area contributed by atoms with E-state index in [4.69, 9.17) is 4.74 Å². The lowest BCUT2D eigenvalue weighted by molar-refractivity contribution is 0.108. The number of aliphatic hydroxyl groups excluding tert-OH is 1. The molecule has 1 aromatic carbocycles. The largest absolute Gasteiger partial charge is 0.491 e. The number of aryl methyl sites for hydroxylation is 2. The van der Waals surface area contributed by atoms with Crippen molar-refractivity contribution >= 4 is 11.8 Å². The number of amides is 2. The van der Waals surface area contributed by atoms with Gasteiger partial charge in [-0.15, -0.1) is 0 Å². The SMILES string of the molecule is Cc1cc(NC(=O)NC[C@H](O)COc2cccc(F)c2)n(C)n1. The minimum atomic E-state index is -0.919. The quantitative estimate of drug-likeness (QED) is 0.751. The van der Waals surface area contributed by atoms with E-state index in [1.54, 1.807) is 23.9 Å². The molecule has 3 N–H and O–H groups in total. The fourth-order valence-corrected chi connectivity index (χ4v) is 1.91. The number of benzene rings is 1. The first-order valence-electron chi connectivity index (χ1n) is 7.06. The van der Waals surface area contributed by atoms with Crippen molar-refractivity contribution in [2.75, 3.05) is 18.5 Å². The highest BCUT2D eigenvalue weighted by Gasteiger charge is 2.10. The molecule has 1 aromatic heterocycles. The third-order valence-corrected chi connectivity index (χ3v) is 2.98. The van der Waals surface area contributed by atoms with E-state index in [0.717, 1.165) is 5.69 Å². The summed E-state index contributed by atoms with van der Waals surface area (Å²) in [4.78, 5) is 11.7. The predicted molar refractivity (Wildman–Crippen MR) is 82.9 cm³/mol. The molecule has 7 nitrogen and oxygen atoms in total. The Balaban J connectivity index is 1.72. The van der Waals surface area contributed by atoms with Gasteiger partial charge in [-0.25, -0.2) is 9.18 Å². The summed E-state index contributed by atoms with van der Waals surface area (Å²) in [6.45, 7) is 1.75. The Morgan fingerprint density at radius 2 is 2.26 bits per heavy atom. The van der Waals surface area contributed by atoms with E-state index < -0.39 is 18.0 Å². The van der Waals surface area contributed by atoms with Gasteiger partial charge in [0.05, 0.1) is 5.69 Å². The van der Waals surface area contributed by atoms with Crippen molar-refractivity contribution in [2.45, 2.75) is 13.0 Å². The number of anilines is 1. The molecule has 0 aliphatic rings. The molecule has 8 heteroatoms. The van der Waals surface area contributed by atoms with Gasteiger partial charge in [-0.05, 0) is 19.1 Å². The van der Waals surface area contributed by atoms with Crippen molar-refractivity contribution in [1.82, 2.24) is 15.1 Å². The first kappa shape index (κ1) is 16.8. The number of rotatable bonds is 6. The highest BCUT2D eigenvalue weighted by Crippen LogP contribution is 2.12. The first-order valence-corrected chi connectivity index (χ1v) is 7.06. The molecule has 0 aliphatic carbocycles. The van der Waals surface area contributed by atoms with Crippen molar-refractivity contribution in [2.24, 2.45) is 7.05 Å². The van der Waals surface area contributed by atoms with Crippen molar-refractivity contribution in [3.63, 3.8) is 0 Å². The summed E-state index contributed by atoms with van der Waals surface area (Å²) in [5.41, 5.74) is 0.784. The van der Waals surface area contributed by atoms with Crippen LogP contribution in [0.3, 0.4) is 0 Å². The standard InChI is InChI=1S/C15H19FN4O3/c1-10-6-14(20(2)19-10)18-15(22)17-8-12(21)9-23-13-5-3-4-11(16)7-13/h3-7,12,21H,8-9H2,1-2H3,(H2,17,18,22)/t12-/m0/s1. The van der Waals surface area contributed by atoms with E-state index in [1.807, 2.05) is 6.92 Å². The molecule has 2 rings (SSSR count). The predicted octanol–water partition coefficient (Wildman–Crippen LogP) is 1.43. The molecule has 0 bridgehead atoms.